The van der Waals surface area contributed by atoms with E-state index in [0.29, 0.717) is 5.69 Å². The normalized spacial score (nSPS) is 10.5. The number of benzene rings is 1. The van der Waals surface area contributed by atoms with Gasteiger partial charge in [-0.15, -0.1) is 0 Å². The van der Waals surface area contributed by atoms with Crippen LogP contribution in [0.1, 0.15) is 16.7 Å². The molecule has 1 aromatic carbocycles. The SMILES string of the molecule is Cc1ccc(NNc2cnc(-c3ccc(N)cn3)cc2C)cc1C. The summed E-state index contributed by atoms with van der Waals surface area (Å²) < 4.78 is 0. The summed E-state index contributed by atoms with van der Waals surface area (Å²) in [5.41, 5.74) is 19.9. The van der Waals surface area contributed by atoms with Gasteiger partial charge in [0, 0.05) is 0 Å². The minimum Gasteiger partial charge on any atom is -0.397 e. The van der Waals surface area contributed by atoms with Crippen LogP contribution >= 0.6 is 0 Å². The van der Waals surface area contributed by atoms with Crippen LogP contribution in [-0.4, -0.2) is 9.97 Å². The lowest BCUT2D eigenvalue weighted by Gasteiger charge is -2.13. The smallest absolute Gasteiger partial charge is 0.0890 e. The lowest BCUT2D eigenvalue weighted by atomic mass is 10.1. The molecule has 0 aliphatic rings. The van der Waals surface area contributed by atoms with Gasteiger partial charge in [-0.05, 0) is 67.8 Å². The second kappa shape index (κ2) is 6.58. The Kier molecular flexibility index (Phi) is 4.33. The van der Waals surface area contributed by atoms with Gasteiger partial charge in [-0.3, -0.25) is 15.4 Å². The van der Waals surface area contributed by atoms with E-state index in [2.05, 4.69) is 46.8 Å². The standard InChI is InChI=1S/C19H21N5/c1-12-4-6-16(8-13(12)2)23-24-19-11-22-18(9-14(19)3)17-7-5-15(20)10-21-17/h4-11,23-24H,20H2,1-3H3. The lowest BCUT2D eigenvalue weighted by Crippen LogP contribution is -2.10. The van der Waals surface area contributed by atoms with Gasteiger partial charge in [0.2, 0.25) is 0 Å². The summed E-state index contributed by atoms with van der Waals surface area (Å²) in [6.45, 7) is 6.24. The molecule has 0 aliphatic heterocycles. The molecule has 0 fully saturated rings. The third-order valence-electron chi connectivity index (χ3n) is 4.01. The first-order chi connectivity index (χ1) is 11.5. The summed E-state index contributed by atoms with van der Waals surface area (Å²) in [7, 11) is 0. The number of pyridine rings is 2. The van der Waals surface area contributed by atoms with Crippen molar-refractivity contribution < 1.29 is 0 Å². The molecule has 122 valence electrons. The van der Waals surface area contributed by atoms with Gasteiger partial charge in [0.25, 0.3) is 0 Å². The minimum atomic E-state index is 0.645. The Morgan fingerprint density at radius 1 is 0.750 bits per heavy atom. The van der Waals surface area contributed by atoms with E-state index in [1.54, 1.807) is 12.4 Å². The monoisotopic (exact) mass is 319 g/mol. The summed E-state index contributed by atoms with van der Waals surface area (Å²) in [5, 5.41) is 0. The number of nitrogens with zero attached hydrogens (tertiary/aromatic N) is 2. The molecule has 5 nitrogen and oxygen atoms in total. The molecule has 0 bridgehead atoms. The van der Waals surface area contributed by atoms with Crippen LogP contribution in [0.2, 0.25) is 0 Å². The Morgan fingerprint density at radius 3 is 2.21 bits per heavy atom. The van der Waals surface area contributed by atoms with Crippen molar-refractivity contribution in [1.82, 2.24) is 9.97 Å². The van der Waals surface area contributed by atoms with E-state index in [4.69, 9.17) is 5.73 Å². The fraction of sp³-hybridized carbons (Fsp3) is 0.158. The average Bonchev–Trinajstić information content (AvgIpc) is 2.57. The average molecular weight is 319 g/mol. The van der Waals surface area contributed by atoms with Crippen LogP contribution in [-0.2, 0) is 0 Å². The molecule has 24 heavy (non-hydrogen) atoms. The van der Waals surface area contributed by atoms with Crippen LogP contribution in [0.4, 0.5) is 17.1 Å². The first-order valence-electron chi connectivity index (χ1n) is 7.81. The highest BCUT2D eigenvalue weighted by Gasteiger charge is 2.05. The number of hydrogen-bond donors (Lipinski definition) is 3. The van der Waals surface area contributed by atoms with Gasteiger partial charge < -0.3 is 11.2 Å². The fourth-order valence-corrected chi connectivity index (χ4v) is 2.34. The van der Waals surface area contributed by atoms with Crippen LogP contribution < -0.4 is 16.6 Å². The number of nitrogen functional groups attached to an aromatic ring is 1. The van der Waals surface area contributed by atoms with Gasteiger partial charge in [-0.1, -0.05) is 6.07 Å². The van der Waals surface area contributed by atoms with Crippen LogP contribution in [0.5, 0.6) is 0 Å². The molecule has 2 aromatic heterocycles. The lowest BCUT2D eigenvalue weighted by molar-refractivity contribution is 1.22. The summed E-state index contributed by atoms with van der Waals surface area (Å²) >= 11 is 0. The van der Waals surface area contributed by atoms with Crippen molar-refractivity contribution in [3.63, 3.8) is 0 Å². The highest BCUT2D eigenvalue weighted by Crippen LogP contribution is 2.22. The number of hydrazine groups is 1. The Hall–Kier alpha value is -3.08. The van der Waals surface area contributed by atoms with E-state index in [1.165, 1.54) is 11.1 Å². The summed E-state index contributed by atoms with van der Waals surface area (Å²) in [5.74, 6) is 0. The largest absolute Gasteiger partial charge is 0.397 e. The van der Waals surface area contributed by atoms with E-state index in [1.807, 2.05) is 31.2 Å². The van der Waals surface area contributed by atoms with Crippen LogP contribution in [0, 0.1) is 20.8 Å². The molecule has 2 heterocycles. The number of nitrogens with two attached hydrogens (primary N) is 1. The Balaban J connectivity index is 1.75. The van der Waals surface area contributed by atoms with Gasteiger partial charge in [-0.2, -0.15) is 0 Å². The molecule has 0 atom stereocenters. The highest BCUT2D eigenvalue weighted by atomic mass is 15.4. The quantitative estimate of drug-likeness (QED) is 0.631. The van der Waals surface area contributed by atoms with Gasteiger partial charge in [0.1, 0.15) is 0 Å². The second-order valence-electron chi connectivity index (χ2n) is 5.91. The molecule has 0 saturated carbocycles. The zero-order chi connectivity index (χ0) is 17.1. The Morgan fingerprint density at radius 2 is 1.54 bits per heavy atom. The minimum absolute atomic E-state index is 0.645. The molecular weight excluding hydrogens is 298 g/mol. The summed E-state index contributed by atoms with van der Waals surface area (Å²) in [4.78, 5) is 8.78. The van der Waals surface area contributed by atoms with E-state index in [-0.39, 0.29) is 0 Å². The van der Waals surface area contributed by atoms with E-state index < -0.39 is 0 Å². The van der Waals surface area contributed by atoms with Gasteiger partial charge in [0.05, 0.1) is 40.8 Å². The maximum absolute atomic E-state index is 5.67. The maximum atomic E-state index is 5.67. The van der Waals surface area contributed by atoms with E-state index in [9.17, 15) is 0 Å². The molecular formula is C19H21N5. The number of aryl methyl sites for hydroxylation is 3. The third kappa shape index (κ3) is 3.46. The van der Waals surface area contributed by atoms with Gasteiger partial charge in [0.15, 0.2) is 0 Å². The molecule has 3 aromatic rings. The van der Waals surface area contributed by atoms with Crippen LogP contribution in [0.25, 0.3) is 11.4 Å². The first kappa shape index (κ1) is 15.8. The van der Waals surface area contributed by atoms with Gasteiger partial charge in [-0.25, -0.2) is 0 Å². The number of aromatic nitrogens is 2. The molecule has 0 unspecified atom stereocenters. The zero-order valence-corrected chi connectivity index (χ0v) is 14.1. The zero-order valence-electron chi connectivity index (χ0n) is 14.1. The number of nitrogens with one attached hydrogen (secondary N) is 2. The van der Waals surface area contributed by atoms with Crippen molar-refractivity contribution in [2.75, 3.05) is 16.6 Å². The molecule has 0 aliphatic carbocycles. The topological polar surface area (TPSA) is 75.9 Å². The Labute approximate surface area is 141 Å². The van der Waals surface area contributed by atoms with Crippen molar-refractivity contribution in [3.05, 3.63) is 65.5 Å². The molecule has 0 radical (unpaired) electrons. The predicted molar refractivity (Wildman–Crippen MR) is 99.8 cm³/mol. The molecule has 3 rings (SSSR count). The van der Waals surface area contributed by atoms with Crippen molar-refractivity contribution >= 4 is 17.1 Å². The molecule has 0 spiro atoms. The van der Waals surface area contributed by atoms with E-state index in [0.717, 1.165) is 28.3 Å². The fourth-order valence-electron chi connectivity index (χ4n) is 2.34. The van der Waals surface area contributed by atoms with Crippen molar-refractivity contribution in [3.8, 4) is 11.4 Å². The number of anilines is 3. The molecule has 0 saturated heterocycles. The van der Waals surface area contributed by atoms with Crippen molar-refractivity contribution in [2.45, 2.75) is 20.8 Å². The summed E-state index contributed by atoms with van der Waals surface area (Å²) in [6.07, 6.45) is 3.44. The summed E-state index contributed by atoms with van der Waals surface area (Å²) in [6, 6.07) is 12.0. The predicted octanol–water partition coefficient (Wildman–Crippen LogP) is 4.09. The van der Waals surface area contributed by atoms with Crippen molar-refractivity contribution in [1.29, 1.82) is 0 Å². The molecule has 4 N–H and O–H groups in total. The highest BCUT2D eigenvalue weighted by molar-refractivity contribution is 5.63. The number of hydrogen-bond acceptors (Lipinski definition) is 5. The molecule has 5 heteroatoms. The number of rotatable bonds is 4. The first-order valence-corrected chi connectivity index (χ1v) is 7.81. The van der Waals surface area contributed by atoms with Gasteiger partial charge >= 0.3 is 0 Å². The Bertz CT molecular complexity index is 856. The van der Waals surface area contributed by atoms with Crippen LogP contribution in [0.15, 0.2) is 48.8 Å². The van der Waals surface area contributed by atoms with Crippen molar-refractivity contribution in [2.24, 2.45) is 0 Å². The van der Waals surface area contributed by atoms with Crippen LogP contribution in [0.3, 0.4) is 0 Å². The third-order valence-corrected chi connectivity index (χ3v) is 4.01. The second-order valence-corrected chi connectivity index (χ2v) is 5.91. The molecule has 0 amide bonds. The van der Waals surface area contributed by atoms with E-state index >= 15 is 0 Å². The maximum Gasteiger partial charge on any atom is 0.0890 e.